The number of alkyl halides is 3. The average molecular weight is 350 g/mol. The minimum atomic E-state index is -4.35. The number of halogens is 3. The summed E-state index contributed by atoms with van der Waals surface area (Å²) in [7, 11) is 1.66. The summed E-state index contributed by atoms with van der Waals surface area (Å²) in [5.41, 5.74) is 0.883. The van der Waals surface area contributed by atoms with Crippen LogP contribution in [0.4, 0.5) is 13.2 Å². The van der Waals surface area contributed by atoms with Gasteiger partial charge in [0.1, 0.15) is 0 Å². The zero-order valence-electron chi connectivity index (χ0n) is 13.6. The third-order valence-electron chi connectivity index (χ3n) is 4.17. The third-order valence-corrected chi connectivity index (χ3v) is 5.41. The molecule has 0 spiro atoms. The minimum Gasteiger partial charge on any atom is -0.365 e. The van der Waals surface area contributed by atoms with Crippen molar-refractivity contribution >= 4 is 17.2 Å². The average Bonchev–Trinajstić information content (AvgIpc) is 3.03. The topological polar surface area (TPSA) is 42.4 Å². The number of ether oxygens (including phenoxy) is 1. The van der Waals surface area contributed by atoms with Crippen molar-refractivity contribution in [2.24, 2.45) is 0 Å². The maximum Gasteiger partial charge on any atom is 0.414 e. The SMILES string of the molecule is Cc1nc(C)c(C(C)N(C)C(=O)CC2CCC(C(F)(F)F)O2)s1. The summed E-state index contributed by atoms with van der Waals surface area (Å²) in [6.07, 6.45) is -6.59. The van der Waals surface area contributed by atoms with Crippen molar-refractivity contribution in [3.05, 3.63) is 15.6 Å². The molecule has 0 aliphatic carbocycles. The van der Waals surface area contributed by atoms with Crippen LogP contribution >= 0.6 is 11.3 Å². The molecule has 3 atom stereocenters. The van der Waals surface area contributed by atoms with Crippen LogP contribution in [0.15, 0.2) is 0 Å². The Morgan fingerprint density at radius 3 is 2.57 bits per heavy atom. The second-order valence-corrected chi connectivity index (χ2v) is 7.17. The number of aromatic nitrogens is 1. The molecule has 8 heteroatoms. The highest BCUT2D eigenvalue weighted by atomic mass is 32.1. The second kappa shape index (κ2) is 6.76. The first-order chi connectivity index (χ1) is 10.6. The molecule has 23 heavy (non-hydrogen) atoms. The van der Waals surface area contributed by atoms with E-state index in [9.17, 15) is 18.0 Å². The van der Waals surface area contributed by atoms with Gasteiger partial charge >= 0.3 is 6.18 Å². The molecule has 0 bridgehead atoms. The zero-order valence-corrected chi connectivity index (χ0v) is 14.4. The maximum atomic E-state index is 12.6. The molecule has 0 saturated carbocycles. The molecule has 2 rings (SSSR count). The predicted molar refractivity (Wildman–Crippen MR) is 81.3 cm³/mol. The molecule has 0 N–H and O–H groups in total. The van der Waals surface area contributed by atoms with Gasteiger partial charge in [-0.25, -0.2) is 4.98 Å². The van der Waals surface area contributed by atoms with Crippen LogP contribution in [0.2, 0.25) is 0 Å². The van der Waals surface area contributed by atoms with E-state index in [2.05, 4.69) is 4.98 Å². The highest BCUT2D eigenvalue weighted by molar-refractivity contribution is 7.11. The molecule has 3 unspecified atom stereocenters. The standard InChI is InChI=1S/C15H21F3N2O2S/c1-8-14(23-10(3)19-8)9(2)20(4)13(21)7-11-5-6-12(22-11)15(16,17)18/h9,11-12H,5-7H2,1-4H3. The summed E-state index contributed by atoms with van der Waals surface area (Å²) >= 11 is 1.53. The monoisotopic (exact) mass is 350 g/mol. The highest BCUT2D eigenvalue weighted by Crippen LogP contribution is 2.35. The Hall–Kier alpha value is -1.15. The third kappa shape index (κ3) is 4.23. The van der Waals surface area contributed by atoms with Gasteiger partial charge in [0, 0.05) is 11.9 Å². The van der Waals surface area contributed by atoms with Crippen LogP contribution in [0.5, 0.6) is 0 Å². The molecular weight excluding hydrogens is 329 g/mol. The zero-order chi connectivity index (χ0) is 17.4. The molecule has 4 nitrogen and oxygen atoms in total. The molecule has 1 aliphatic rings. The van der Waals surface area contributed by atoms with Gasteiger partial charge in [-0.2, -0.15) is 13.2 Å². The van der Waals surface area contributed by atoms with Gasteiger partial charge in [-0.3, -0.25) is 4.79 Å². The molecular formula is C15H21F3N2O2S. The van der Waals surface area contributed by atoms with Crippen LogP contribution in [0.25, 0.3) is 0 Å². The summed E-state index contributed by atoms with van der Waals surface area (Å²) < 4.78 is 42.8. The lowest BCUT2D eigenvalue weighted by Crippen LogP contribution is -2.33. The number of carbonyl (C=O) groups excluding carboxylic acids is 1. The van der Waals surface area contributed by atoms with E-state index in [1.54, 1.807) is 11.9 Å². The van der Waals surface area contributed by atoms with Gasteiger partial charge in [0.05, 0.1) is 29.3 Å². The van der Waals surface area contributed by atoms with E-state index in [0.29, 0.717) is 0 Å². The fourth-order valence-corrected chi connectivity index (χ4v) is 3.78. The smallest absolute Gasteiger partial charge is 0.365 e. The van der Waals surface area contributed by atoms with Crippen molar-refractivity contribution < 1.29 is 22.7 Å². The van der Waals surface area contributed by atoms with Crippen LogP contribution in [-0.2, 0) is 9.53 Å². The number of nitrogens with zero attached hydrogens (tertiary/aromatic N) is 2. The molecule has 1 aromatic heterocycles. The summed E-state index contributed by atoms with van der Waals surface area (Å²) in [6.45, 7) is 5.69. The lowest BCUT2D eigenvalue weighted by molar-refractivity contribution is -0.215. The van der Waals surface area contributed by atoms with Gasteiger partial charge < -0.3 is 9.64 Å². The predicted octanol–water partition coefficient (Wildman–Crippen LogP) is 3.78. The first-order valence-corrected chi connectivity index (χ1v) is 8.33. The number of thiazole rings is 1. The lowest BCUT2D eigenvalue weighted by atomic mass is 10.1. The maximum absolute atomic E-state index is 12.6. The van der Waals surface area contributed by atoms with Crippen molar-refractivity contribution in [2.75, 3.05) is 7.05 Å². The number of amides is 1. The van der Waals surface area contributed by atoms with Crippen LogP contribution in [0.1, 0.15) is 47.8 Å². The quantitative estimate of drug-likeness (QED) is 0.830. The summed E-state index contributed by atoms with van der Waals surface area (Å²) in [6, 6.07) is -0.159. The van der Waals surface area contributed by atoms with E-state index in [-0.39, 0.29) is 31.2 Å². The molecule has 1 aliphatic heterocycles. The van der Waals surface area contributed by atoms with Crippen molar-refractivity contribution in [1.29, 1.82) is 0 Å². The lowest BCUT2D eigenvalue weighted by Gasteiger charge is -2.26. The van der Waals surface area contributed by atoms with Crippen LogP contribution in [0, 0.1) is 13.8 Å². The van der Waals surface area contributed by atoms with Gasteiger partial charge in [0.25, 0.3) is 0 Å². The number of aryl methyl sites for hydroxylation is 2. The van der Waals surface area contributed by atoms with E-state index in [1.807, 2.05) is 20.8 Å². The second-order valence-electron chi connectivity index (χ2n) is 5.93. The molecule has 2 heterocycles. The fourth-order valence-electron chi connectivity index (χ4n) is 2.76. The van der Waals surface area contributed by atoms with E-state index in [1.165, 1.54) is 11.3 Å². The van der Waals surface area contributed by atoms with Crippen LogP contribution in [-0.4, -0.2) is 41.2 Å². The molecule has 1 aromatic rings. The largest absolute Gasteiger partial charge is 0.414 e. The molecule has 1 saturated heterocycles. The Balaban J connectivity index is 1.94. The van der Waals surface area contributed by atoms with Gasteiger partial charge in [-0.15, -0.1) is 11.3 Å². The van der Waals surface area contributed by atoms with Crippen LogP contribution in [0.3, 0.4) is 0 Å². The van der Waals surface area contributed by atoms with Crippen molar-refractivity contribution in [3.63, 3.8) is 0 Å². The normalized spacial score (nSPS) is 23.1. The van der Waals surface area contributed by atoms with E-state index >= 15 is 0 Å². The van der Waals surface area contributed by atoms with E-state index < -0.39 is 18.4 Å². The first kappa shape index (κ1) is 18.2. The molecule has 0 aromatic carbocycles. The minimum absolute atomic E-state index is 0.0236. The molecule has 1 fully saturated rings. The van der Waals surface area contributed by atoms with Crippen LogP contribution < -0.4 is 0 Å². The van der Waals surface area contributed by atoms with Crippen molar-refractivity contribution in [2.45, 2.75) is 64.5 Å². The van der Waals surface area contributed by atoms with Gasteiger partial charge in [-0.05, 0) is 33.6 Å². The number of rotatable bonds is 4. The summed E-state index contributed by atoms with van der Waals surface area (Å²) in [4.78, 5) is 19.2. The fraction of sp³-hybridized carbons (Fsp3) is 0.733. The highest BCUT2D eigenvalue weighted by Gasteiger charge is 2.45. The Morgan fingerprint density at radius 2 is 2.09 bits per heavy atom. The number of carbonyl (C=O) groups is 1. The molecule has 1 amide bonds. The Morgan fingerprint density at radius 1 is 1.43 bits per heavy atom. The van der Waals surface area contributed by atoms with Gasteiger partial charge in [0.15, 0.2) is 6.10 Å². The van der Waals surface area contributed by atoms with Crippen molar-refractivity contribution in [1.82, 2.24) is 9.88 Å². The summed E-state index contributed by atoms with van der Waals surface area (Å²) in [5.74, 6) is -0.212. The van der Waals surface area contributed by atoms with Gasteiger partial charge in [0.2, 0.25) is 5.91 Å². The first-order valence-electron chi connectivity index (χ1n) is 7.51. The van der Waals surface area contributed by atoms with E-state index in [0.717, 1.165) is 15.6 Å². The molecule has 0 radical (unpaired) electrons. The van der Waals surface area contributed by atoms with Gasteiger partial charge in [-0.1, -0.05) is 0 Å². The number of hydrogen-bond acceptors (Lipinski definition) is 4. The Bertz CT molecular complexity index is 574. The number of hydrogen-bond donors (Lipinski definition) is 0. The van der Waals surface area contributed by atoms with Crippen molar-refractivity contribution in [3.8, 4) is 0 Å². The van der Waals surface area contributed by atoms with E-state index in [4.69, 9.17) is 4.74 Å². The Labute approximate surface area is 137 Å². The molecule has 130 valence electrons. The Kier molecular flexibility index (Phi) is 5.35. The summed E-state index contributed by atoms with van der Waals surface area (Å²) in [5, 5.41) is 0.928.